The Balaban J connectivity index is 1.69. The number of carbonyl (C=O) groups is 2. The number of carbonyl (C=O) groups excluding carboxylic acids is 2. The molecule has 0 saturated heterocycles. The van der Waals surface area contributed by atoms with Gasteiger partial charge in [-0.25, -0.2) is 10.3 Å². The normalized spacial score (nSPS) is 12.4. The molecule has 7 heteroatoms. The van der Waals surface area contributed by atoms with E-state index in [-0.39, 0.29) is 13.0 Å². The number of alkyl carbamates (subject to hydrolysis) is 1. The van der Waals surface area contributed by atoms with Crippen molar-refractivity contribution in [1.82, 2.24) is 15.8 Å². The summed E-state index contributed by atoms with van der Waals surface area (Å²) in [5.41, 5.74) is 4.56. The zero-order valence-electron chi connectivity index (χ0n) is 17.4. The Morgan fingerprint density at radius 2 is 1.73 bits per heavy atom. The molecule has 3 aromatic rings. The minimum atomic E-state index is -0.866. The number of hydroxylamine groups is 1. The van der Waals surface area contributed by atoms with Crippen LogP contribution in [0.3, 0.4) is 0 Å². The minimum Gasteiger partial charge on any atom is -0.444 e. The van der Waals surface area contributed by atoms with Crippen LogP contribution in [-0.4, -0.2) is 28.6 Å². The quantitative estimate of drug-likeness (QED) is 0.517. The summed E-state index contributed by atoms with van der Waals surface area (Å²) in [5, 5.41) is 3.65. The van der Waals surface area contributed by atoms with Crippen molar-refractivity contribution in [3.8, 4) is 0 Å². The fourth-order valence-corrected chi connectivity index (χ4v) is 3.02. The van der Waals surface area contributed by atoms with Crippen LogP contribution in [0.25, 0.3) is 10.9 Å². The third kappa shape index (κ3) is 6.09. The van der Waals surface area contributed by atoms with Crippen molar-refractivity contribution in [2.45, 2.75) is 45.4 Å². The lowest BCUT2D eigenvalue weighted by molar-refractivity contribution is -0.136. The number of hydrogen-bond donors (Lipinski definition) is 3. The standard InChI is InChI=1S/C23H27N3O4/c1-23(2,3)30-22(28)25-20(13-17-14-24-19-12-8-7-11-18(17)19)21(27)26-29-15-16-9-5-4-6-10-16/h4-12,14,20,24H,13,15H2,1-3H3,(H,25,28)(H,26,27)/t20-/m0/s1. The van der Waals surface area contributed by atoms with Gasteiger partial charge in [-0.1, -0.05) is 48.5 Å². The molecule has 0 saturated carbocycles. The van der Waals surface area contributed by atoms with Crippen LogP contribution < -0.4 is 10.8 Å². The highest BCUT2D eigenvalue weighted by atomic mass is 16.7. The zero-order valence-corrected chi connectivity index (χ0v) is 17.4. The molecule has 0 radical (unpaired) electrons. The zero-order chi connectivity index (χ0) is 21.6. The molecule has 3 rings (SSSR count). The number of amides is 2. The van der Waals surface area contributed by atoms with Gasteiger partial charge in [0, 0.05) is 23.5 Å². The predicted molar refractivity (Wildman–Crippen MR) is 115 cm³/mol. The summed E-state index contributed by atoms with van der Waals surface area (Å²) in [6.45, 7) is 5.53. The summed E-state index contributed by atoms with van der Waals surface area (Å²) < 4.78 is 5.32. The molecular formula is C23H27N3O4. The van der Waals surface area contributed by atoms with E-state index in [9.17, 15) is 9.59 Å². The number of aromatic amines is 1. The van der Waals surface area contributed by atoms with Gasteiger partial charge in [0.25, 0.3) is 5.91 Å². The minimum absolute atomic E-state index is 0.221. The molecule has 1 heterocycles. The summed E-state index contributed by atoms with van der Waals surface area (Å²) in [4.78, 5) is 33.6. The van der Waals surface area contributed by atoms with Gasteiger partial charge in [0.15, 0.2) is 0 Å². The lowest BCUT2D eigenvalue weighted by Crippen LogP contribution is -2.49. The van der Waals surface area contributed by atoms with E-state index in [1.165, 1.54) is 0 Å². The molecule has 0 unspecified atom stereocenters. The summed E-state index contributed by atoms with van der Waals surface area (Å²) >= 11 is 0. The van der Waals surface area contributed by atoms with Crippen molar-refractivity contribution in [3.63, 3.8) is 0 Å². The SMILES string of the molecule is CC(C)(C)OC(=O)N[C@@H](Cc1c[nH]c2ccccc12)C(=O)NOCc1ccccc1. The van der Waals surface area contributed by atoms with Crippen LogP contribution in [0.2, 0.25) is 0 Å². The van der Waals surface area contributed by atoms with Crippen molar-refractivity contribution >= 4 is 22.9 Å². The van der Waals surface area contributed by atoms with Crippen LogP contribution >= 0.6 is 0 Å². The third-order valence-corrected chi connectivity index (χ3v) is 4.36. The number of fused-ring (bicyclic) bond motifs is 1. The molecule has 7 nitrogen and oxygen atoms in total. The lowest BCUT2D eigenvalue weighted by atomic mass is 10.0. The van der Waals surface area contributed by atoms with Gasteiger partial charge in [0.1, 0.15) is 11.6 Å². The molecule has 2 amide bonds. The van der Waals surface area contributed by atoms with E-state index < -0.39 is 23.6 Å². The van der Waals surface area contributed by atoms with Crippen LogP contribution in [0.1, 0.15) is 31.9 Å². The van der Waals surface area contributed by atoms with Gasteiger partial charge in [0.05, 0.1) is 6.61 Å². The Kier molecular flexibility index (Phi) is 6.74. The van der Waals surface area contributed by atoms with Gasteiger partial charge < -0.3 is 15.0 Å². The molecule has 0 aliphatic heterocycles. The first-order valence-electron chi connectivity index (χ1n) is 9.82. The Hall–Kier alpha value is -3.32. The topological polar surface area (TPSA) is 92.5 Å². The first-order valence-corrected chi connectivity index (χ1v) is 9.82. The summed E-state index contributed by atoms with van der Waals surface area (Å²) in [6, 6.07) is 16.4. The van der Waals surface area contributed by atoms with Crippen molar-refractivity contribution in [2.24, 2.45) is 0 Å². The van der Waals surface area contributed by atoms with E-state index in [0.717, 1.165) is 22.0 Å². The maximum atomic E-state index is 12.8. The average molecular weight is 409 g/mol. The molecule has 1 atom stereocenters. The molecule has 30 heavy (non-hydrogen) atoms. The van der Waals surface area contributed by atoms with Crippen LogP contribution in [0.4, 0.5) is 4.79 Å². The molecule has 1 aromatic heterocycles. The number of para-hydroxylation sites is 1. The van der Waals surface area contributed by atoms with Crippen LogP contribution in [0.5, 0.6) is 0 Å². The Morgan fingerprint density at radius 1 is 1.03 bits per heavy atom. The molecular weight excluding hydrogens is 382 g/mol. The van der Waals surface area contributed by atoms with Crippen molar-refractivity contribution in [3.05, 3.63) is 71.9 Å². The second-order valence-corrected chi connectivity index (χ2v) is 8.00. The molecule has 3 N–H and O–H groups in total. The van der Waals surface area contributed by atoms with E-state index in [2.05, 4.69) is 15.8 Å². The highest BCUT2D eigenvalue weighted by molar-refractivity contribution is 5.87. The second kappa shape index (κ2) is 9.45. The Morgan fingerprint density at radius 3 is 2.47 bits per heavy atom. The Labute approximate surface area is 175 Å². The van der Waals surface area contributed by atoms with Crippen molar-refractivity contribution in [2.75, 3.05) is 0 Å². The number of aromatic nitrogens is 1. The van der Waals surface area contributed by atoms with Crippen LogP contribution in [0.15, 0.2) is 60.8 Å². The predicted octanol–water partition coefficient (Wildman–Crippen LogP) is 3.85. The van der Waals surface area contributed by atoms with E-state index in [1.807, 2.05) is 60.8 Å². The number of hydrogen-bond acceptors (Lipinski definition) is 4. The number of benzene rings is 2. The van der Waals surface area contributed by atoms with E-state index >= 15 is 0 Å². The molecule has 158 valence electrons. The van der Waals surface area contributed by atoms with E-state index in [0.29, 0.717) is 0 Å². The second-order valence-electron chi connectivity index (χ2n) is 8.00. The van der Waals surface area contributed by atoms with E-state index in [4.69, 9.17) is 9.57 Å². The summed E-state index contributed by atoms with van der Waals surface area (Å²) in [7, 11) is 0. The monoisotopic (exact) mass is 409 g/mol. The number of H-pyrrole nitrogens is 1. The van der Waals surface area contributed by atoms with Gasteiger partial charge in [-0.3, -0.25) is 9.63 Å². The van der Waals surface area contributed by atoms with Gasteiger partial charge in [-0.05, 0) is 38.0 Å². The van der Waals surface area contributed by atoms with Crippen LogP contribution in [-0.2, 0) is 27.4 Å². The molecule has 0 bridgehead atoms. The Bertz CT molecular complexity index is 992. The largest absolute Gasteiger partial charge is 0.444 e. The number of nitrogens with one attached hydrogen (secondary N) is 3. The maximum Gasteiger partial charge on any atom is 0.408 e. The lowest BCUT2D eigenvalue weighted by Gasteiger charge is -2.23. The molecule has 0 aliphatic rings. The summed E-state index contributed by atoms with van der Waals surface area (Å²) in [6.07, 6.45) is 1.46. The number of ether oxygens (including phenoxy) is 1. The maximum absolute atomic E-state index is 12.8. The average Bonchev–Trinajstić information content (AvgIpc) is 3.10. The van der Waals surface area contributed by atoms with Gasteiger partial charge in [0.2, 0.25) is 0 Å². The number of rotatable bonds is 7. The van der Waals surface area contributed by atoms with Gasteiger partial charge in [-0.15, -0.1) is 0 Å². The van der Waals surface area contributed by atoms with E-state index in [1.54, 1.807) is 20.8 Å². The molecule has 2 aromatic carbocycles. The fourth-order valence-electron chi connectivity index (χ4n) is 3.02. The third-order valence-electron chi connectivity index (χ3n) is 4.36. The highest BCUT2D eigenvalue weighted by Gasteiger charge is 2.26. The first kappa shape index (κ1) is 21.4. The van der Waals surface area contributed by atoms with Gasteiger partial charge in [-0.2, -0.15) is 0 Å². The highest BCUT2D eigenvalue weighted by Crippen LogP contribution is 2.19. The molecule has 0 fully saturated rings. The van der Waals surface area contributed by atoms with Crippen molar-refractivity contribution < 1.29 is 19.2 Å². The van der Waals surface area contributed by atoms with Crippen LogP contribution in [0, 0.1) is 0 Å². The van der Waals surface area contributed by atoms with Gasteiger partial charge >= 0.3 is 6.09 Å². The molecule has 0 spiro atoms. The fraction of sp³-hybridized carbons (Fsp3) is 0.304. The summed E-state index contributed by atoms with van der Waals surface area (Å²) in [5.74, 6) is -0.456. The smallest absolute Gasteiger partial charge is 0.408 e. The van der Waals surface area contributed by atoms with Crippen molar-refractivity contribution in [1.29, 1.82) is 0 Å². The molecule has 0 aliphatic carbocycles. The first-order chi connectivity index (χ1) is 14.3.